The van der Waals surface area contributed by atoms with Crippen LogP contribution in [0, 0.1) is 0 Å². The van der Waals surface area contributed by atoms with Crippen LogP contribution in [0.3, 0.4) is 0 Å². The Balaban J connectivity index is 1.76. The van der Waals surface area contributed by atoms with Crippen molar-refractivity contribution in [2.45, 2.75) is 6.42 Å². The summed E-state index contributed by atoms with van der Waals surface area (Å²) in [5, 5.41) is 10.4. The van der Waals surface area contributed by atoms with Gasteiger partial charge in [0.05, 0.1) is 29.3 Å². The number of carbonyl (C=O) groups is 1. The Kier molecular flexibility index (Phi) is 2.89. The summed E-state index contributed by atoms with van der Waals surface area (Å²) < 4.78 is 0. The highest BCUT2D eigenvalue weighted by Gasteiger charge is 2.20. The van der Waals surface area contributed by atoms with Crippen molar-refractivity contribution in [2.75, 3.05) is 6.54 Å². The topological polar surface area (TPSA) is 96.5 Å². The fourth-order valence-electron chi connectivity index (χ4n) is 2.50. The van der Waals surface area contributed by atoms with Crippen molar-refractivity contribution in [1.29, 1.82) is 0 Å². The molecule has 0 atom stereocenters. The molecule has 0 saturated heterocycles. The average Bonchev–Trinajstić information content (AvgIpc) is 3.02. The van der Waals surface area contributed by atoms with Gasteiger partial charge in [-0.25, -0.2) is 9.97 Å². The van der Waals surface area contributed by atoms with E-state index in [4.69, 9.17) is 0 Å². The first-order chi connectivity index (χ1) is 10.8. The second kappa shape index (κ2) is 5.03. The van der Waals surface area contributed by atoms with E-state index in [1.54, 1.807) is 24.7 Å². The molecule has 2 N–H and O–H groups in total. The highest BCUT2D eigenvalue weighted by atomic mass is 16.1. The second-order valence-electron chi connectivity index (χ2n) is 4.98. The number of nitrogens with one attached hydrogen (secondary N) is 2. The molecule has 0 spiro atoms. The van der Waals surface area contributed by atoms with Gasteiger partial charge in [0.1, 0.15) is 0 Å². The van der Waals surface area contributed by atoms with Crippen LogP contribution in [-0.4, -0.2) is 37.6 Å². The number of carbonyl (C=O) groups excluding carboxylic acids is 1. The lowest BCUT2D eigenvalue weighted by molar-refractivity contribution is 0.0946. The van der Waals surface area contributed by atoms with Crippen LogP contribution in [0.25, 0.3) is 22.8 Å². The molecule has 1 aliphatic rings. The predicted octanol–water partition coefficient (Wildman–Crippen LogP) is 1.21. The predicted molar refractivity (Wildman–Crippen MR) is 78.9 cm³/mol. The molecule has 3 aromatic rings. The summed E-state index contributed by atoms with van der Waals surface area (Å²) in [4.78, 5) is 23.9. The fourth-order valence-corrected chi connectivity index (χ4v) is 2.50. The molecule has 0 aliphatic carbocycles. The van der Waals surface area contributed by atoms with Gasteiger partial charge < -0.3 is 10.3 Å². The molecule has 4 rings (SSSR count). The molecule has 7 heteroatoms. The van der Waals surface area contributed by atoms with Gasteiger partial charge in [-0.2, -0.15) is 10.2 Å². The van der Waals surface area contributed by atoms with Gasteiger partial charge in [0.25, 0.3) is 5.91 Å². The summed E-state index contributed by atoms with van der Waals surface area (Å²) in [5.41, 5.74) is 3.99. The third kappa shape index (κ3) is 2.12. The Labute approximate surface area is 125 Å². The number of H-pyrrole nitrogens is 1. The second-order valence-corrected chi connectivity index (χ2v) is 4.98. The monoisotopic (exact) mass is 292 g/mol. The van der Waals surface area contributed by atoms with Gasteiger partial charge >= 0.3 is 0 Å². The van der Waals surface area contributed by atoms with Crippen molar-refractivity contribution in [3.63, 3.8) is 0 Å². The molecule has 1 aliphatic heterocycles. The van der Waals surface area contributed by atoms with Gasteiger partial charge in [-0.15, -0.1) is 0 Å². The third-order valence-electron chi connectivity index (χ3n) is 3.58. The molecule has 7 nitrogen and oxygen atoms in total. The number of hydrogen-bond acceptors (Lipinski definition) is 5. The number of aromatic amines is 1. The zero-order valence-electron chi connectivity index (χ0n) is 11.6. The first-order valence-electron chi connectivity index (χ1n) is 6.92. The number of rotatable bonds is 2. The van der Waals surface area contributed by atoms with Crippen LogP contribution in [0.5, 0.6) is 0 Å². The van der Waals surface area contributed by atoms with E-state index in [-0.39, 0.29) is 5.91 Å². The fraction of sp³-hybridized carbons (Fsp3) is 0.133. The lowest BCUT2D eigenvalue weighted by Crippen LogP contribution is -2.31. The molecular weight excluding hydrogens is 280 g/mol. The number of amides is 1. The molecule has 0 aromatic carbocycles. The van der Waals surface area contributed by atoms with E-state index in [2.05, 4.69) is 30.5 Å². The van der Waals surface area contributed by atoms with Gasteiger partial charge in [0.15, 0.2) is 5.82 Å². The zero-order valence-corrected chi connectivity index (χ0v) is 11.6. The SMILES string of the molecule is O=C1NCCc2[nH]c(-c3ccnc(-c4ccnnc4)n3)cc21. The van der Waals surface area contributed by atoms with Crippen molar-refractivity contribution in [3.05, 3.63) is 48.0 Å². The van der Waals surface area contributed by atoms with E-state index < -0.39 is 0 Å². The van der Waals surface area contributed by atoms with Crippen molar-refractivity contribution in [3.8, 4) is 22.8 Å². The Hall–Kier alpha value is -3.09. The summed E-state index contributed by atoms with van der Waals surface area (Å²) in [6.07, 6.45) is 5.71. The minimum atomic E-state index is -0.0450. The van der Waals surface area contributed by atoms with Gasteiger partial charge in [0, 0.05) is 30.4 Å². The van der Waals surface area contributed by atoms with Crippen molar-refractivity contribution >= 4 is 5.91 Å². The minimum absolute atomic E-state index is 0.0450. The normalized spacial score (nSPS) is 13.5. The smallest absolute Gasteiger partial charge is 0.253 e. The maximum atomic E-state index is 11.8. The van der Waals surface area contributed by atoms with Gasteiger partial charge in [0.2, 0.25) is 0 Å². The van der Waals surface area contributed by atoms with E-state index in [1.807, 2.05) is 12.1 Å². The number of aromatic nitrogens is 5. The third-order valence-corrected chi connectivity index (χ3v) is 3.58. The van der Waals surface area contributed by atoms with Crippen molar-refractivity contribution in [1.82, 2.24) is 30.5 Å². The van der Waals surface area contributed by atoms with Gasteiger partial charge in [-0.05, 0) is 18.2 Å². The van der Waals surface area contributed by atoms with Crippen LogP contribution in [0.15, 0.2) is 36.8 Å². The molecule has 22 heavy (non-hydrogen) atoms. The largest absolute Gasteiger partial charge is 0.356 e. The minimum Gasteiger partial charge on any atom is -0.356 e. The van der Waals surface area contributed by atoms with Crippen LogP contribution in [0.4, 0.5) is 0 Å². The van der Waals surface area contributed by atoms with E-state index in [0.29, 0.717) is 17.9 Å². The van der Waals surface area contributed by atoms with Crippen LogP contribution >= 0.6 is 0 Å². The molecule has 0 fully saturated rings. The Morgan fingerprint density at radius 1 is 1.14 bits per heavy atom. The quantitative estimate of drug-likeness (QED) is 0.740. The number of nitrogens with zero attached hydrogens (tertiary/aromatic N) is 4. The molecule has 0 radical (unpaired) electrons. The van der Waals surface area contributed by atoms with E-state index in [9.17, 15) is 4.79 Å². The molecule has 0 unspecified atom stereocenters. The highest BCUT2D eigenvalue weighted by molar-refractivity contribution is 5.97. The maximum Gasteiger partial charge on any atom is 0.253 e. The molecule has 108 valence electrons. The molecule has 4 heterocycles. The van der Waals surface area contributed by atoms with E-state index in [0.717, 1.165) is 29.1 Å². The first kappa shape index (κ1) is 12.6. The molecule has 1 amide bonds. The Bertz CT molecular complexity index is 842. The lowest BCUT2D eigenvalue weighted by atomic mass is 10.1. The maximum absolute atomic E-state index is 11.8. The van der Waals surface area contributed by atoms with Crippen LogP contribution < -0.4 is 5.32 Å². The van der Waals surface area contributed by atoms with Crippen LogP contribution in [0.2, 0.25) is 0 Å². The lowest BCUT2D eigenvalue weighted by Gasteiger charge is -2.10. The Morgan fingerprint density at radius 2 is 2.09 bits per heavy atom. The van der Waals surface area contributed by atoms with Crippen molar-refractivity contribution in [2.24, 2.45) is 0 Å². The summed E-state index contributed by atoms with van der Waals surface area (Å²) in [7, 11) is 0. The summed E-state index contributed by atoms with van der Waals surface area (Å²) in [6, 6.07) is 5.45. The van der Waals surface area contributed by atoms with Crippen molar-refractivity contribution < 1.29 is 4.79 Å². The molecule has 0 saturated carbocycles. The van der Waals surface area contributed by atoms with Gasteiger partial charge in [-0.1, -0.05) is 0 Å². The molecule has 3 aromatic heterocycles. The zero-order chi connectivity index (χ0) is 14.9. The van der Waals surface area contributed by atoms with E-state index in [1.165, 1.54) is 0 Å². The summed E-state index contributed by atoms with van der Waals surface area (Å²) >= 11 is 0. The van der Waals surface area contributed by atoms with Crippen LogP contribution in [-0.2, 0) is 6.42 Å². The molecular formula is C15H12N6O. The summed E-state index contributed by atoms with van der Waals surface area (Å²) in [5.74, 6) is 0.529. The first-order valence-corrected chi connectivity index (χ1v) is 6.92. The Morgan fingerprint density at radius 3 is 2.91 bits per heavy atom. The van der Waals surface area contributed by atoms with Gasteiger partial charge in [-0.3, -0.25) is 4.79 Å². The summed E-state index contributed by atoms with van der Waals surface area (Å²) in [6.45, 7) is 0.656. The highest BCUT2D eigenvalue weighted by Crippen LogP contribution is 2.24. The molecule has 0 bridgehead atoms. The average molecular weight is 292 g/mol. The number of hydrogen-bond donors (Lipinski definition) is 2. The van der Waals surface area contributed by atoms with E-state index >= 15 is 0 Å². The van der Waals surface area contributed by atoms with Crippen LogP contribution in [0.1, 0.15) is 16.1 Å². The standard InChI is InChI=1S/C15H12N6O/c22-15-10-7-13(20-11(10)2-5-17-15)12-3-4-16-14(21-12)9-1-6-18-19-8-9/h1,3-4,6-8,20H,2,5H2,(H,17,22). The number of fused-ring (bicyclic) bond motifs is 1.